The highest BCUT2D eigenvalue weighted by molar-refractivity contribution is 5.94. The third kappa shape index (κ3) is 3.53. The Morgan fingerprint density at radius 1 is 1.32 bits per heavy atom. The number of carbonyl (C=O) groups excluding carboxylic acids is 1. The van der Waals surface area contributed by atoms with Gasteiger partial charge in [-0.1, -0.05) is 12.5 Å². The van der Waals surface area contributed by atoms with Gasteiger partial charge in [0.2, 0.25) is 5.91 Å². The second-order valence-corrected chi connectivity index (χ2v) is 5.23. The Bertz CT molecular complexity index is 455. The van der Waals surface area contributed by atoms with E-state index in [2.05, 4.69) is 10.2 Å². The van der Waals surface area contributed by atoms with E-state index in [9.17, 15) is 9.18 Å². The predicted molar refractivity (Wildman–Crippen MR) is 74.7 cm³/mol. The molecule has 1 aromatic carbocycles. The number of piperidine rings is 1. The molecule has 2 rings (SSSR count). The Morgan fingerprint density at radius 2 is 2.00 bits per heavy atom. The van der Waals surface area contributed by atoms with Crippen LogP contribution >= 0.6 is 0 Å². The van der Waals surface area contributed by atoms with Gasteiger partial charge in [-0.15, -0.1) is 0 Å². The number of hydrogen-bond donors (Lipinski definition) is 1. The summed E-state index contributed by atoms with van der Waals surface area (Å²) < 4.78 is 13.4. The molecule has 0 saturated carbocycles. The average Bonchev–Trinajstić information content (AvgIpc) is 2.43. The van der Waals surface area contributed by atoms with Gasteiger partial charge in [0.1, 0.15) is 5.82 Å². The summed E-state index contributed by atoms with van der Waals surface area (Å²) in [6.45, 7) is 5.55. The van der Waals surface area contributed by atoms with Crippen LogP contribution in [0.5, 0.6) is 0 Å². The van der Waals surface area contributed by atoms with Gasteiger partial charge in [0.15, 0.2) is 0 Å². The van der Waals surface area contributed by atoms with Crippen LogP contribution in [0.15, 0.2) is 18.2 Å². The summed E-state index contributed by atoms with van der Waals surface area (Å²) in [5.41, 5.74) is 1.11. The molecule has 0 unspecified atom stereocenters. The van der Waals surface area contributed by atoms with E-state index in [1.807, 2.05) is 6.92 Å². The molecule has 0 radical (unpaired) electrons. The van der Waals surface area contributed by atoms with Gasteiger partial charge in [-0.05, 0) is 57.5 Å². The highest BCUT2D eigenvalue weighted by Gasteiger charge is 2.22. The molecule has 19 heavy (non-hydrogen) atoms. The second-order valence-electron chi connectivity index (χ2n) is 5.23. The van der Waals surface area contributed by atoms with E-state index in [0.29, 0.717) is 11.3 Å². The van der Waals surface area contributed by atoms with Gasteiger partial charge >= 0.3 is 0 Å². The normalized spacial score (nSPS) is 18.1. The van der Waals surface area contributed by atoms with Gasteiger partial charge in [-0.25, -0.2) is 4.39 Å². The summed E-state index contributed by atoms with van der Waals surface area (Å²) in [6, 6.07) is 4.62. The highest BCUT2D eigenvalue weighted by Crippen LogP contribution is 2.16. The van der Waals surface area contributed by atoms with Crippen LogP contribution in [0.1, 0.15) is 31.7 Å². The SMILES string of the molecule is Cc1ccc(NC(=O)[C@H](C)N2CCCCC2)cc1F. The minimum Gasteiger partial charge on any atom is -0.325 e. The fourth-order valence-corrected chi connectivity index (χ4v) is 2.39. The fourth-order valence-electron chi connectivity index (χ4n) is 2.39. The lowest BCUT2D eigenvalue weighted by molar-refractivity contribution is -0.121. The number of aryl methyl sites for hydroxylation is 1. The summed E-state index contributed by atoms with van der Waals surface area (Å²) in [6.07, 6.45) is 3.54. The van der Waals surface area contributed by atoms with Crippen molar-refractivity contribution in [1.29, 1.82) is 0 Å². The fraction of sp³-hybridized carbons (Fsp3) is 0.533. The van der Waals surface area contributed by atoms with E-state index in [1.54, 1.807) is 19.1 Å². The summed E-state index contributed by atoms with van der Waals surface area (Å²) >= 11 is 0. The zero-order valence-corrected chi connectivity index (χ0v) is 11.6. The molecule has 0 spiro atoms. The third-order valence-corrected chi connectivity index (χ3v) is 3.76. The number of carbonyl (C=O) groups is 1. The van der Waals surface area contributed by atoms with E-state index in [0.717, 1.165) is 25.9 Å². The number of likely N-dealkylation sites (tertiary alicyclic amines) is 1. The van der Waals surface area contributed by atoms with Gasteiger partial charge < -0.3 is 5.32 Å². The van der Waals surface area contributed by atoms with Crippen molar-refractivity contribution in [2.75, 3.05) is 18.4 Å². The summed E-state index contributed by atoms with van der Waals surface area (Å²) in [5, 5.41) is 2.79. The Hall–Kier alpha value is -1.42. The van der Waals surface area contributed by atoms with Gasteiger partial charge in [0, 0.05) is 5.69 Å². The first-order chi connectivity index (χ1) is 9.08. The lowest BCUT2D eigenvalue weighted by atomic mass is 10.1. The molecule has 0 bridgehead atoms. The molecular formula is C15H21FN2O. The van der Waals surface area contributed by atoms with Crippen LogP contribution in [0.3, 0.4) is 0 Å². The molecule has 1 saturated heterocycles. The van der Waals surface area contributed by atoms with Crippen LogP contribution in [0.2, 0.25) is 0 Å². The molecule has 0 aliphatic carbocycles. The van der Waals surface area contributed by atoms with Gasteiger partial charge in [-0.2, -0.15) is 0 Å². The van der Waals surface area contributed by atoms with Crippen molar-refractivity contribution in [3.63, 3.8) is 0 Å². The highest BCUT2D eigenvalue weighted by atomic mass is 19.1. The maximum absolute atomic E-state index is 13.4. The topological polar surface area (TPSA) is 32.3 Å². The number of amides is 1. The van der Waals surface area contributed by atoms with E-state index in [1.165, 1.54) is 12.5 Å². The zero-order chi connectivity index (χ0) is 13.8. The van der Waals surface area contributed by atoms with E-state index in [-0.39, 0.29) is 17.8 Å². The molecule has 3 nitrogen and oxygen atoms in total. The van der Waals surface area contributed by atoms with Crippen molar-refractivity contribution in [3.05, 3.63) is 29.6 Å². The van der Waals surface area contributed by atoms with Gasteiger partial charge in [0.05, 0.1) is 6.04 Å². The lowest BCUT2D eigenvalue weighted by Crippen LogP contribution is -2.44. The molecule has 1 aliphatic heterocycles. The number of anilines is 1. The number of halogens is 1. The van der Waals surface area contributed by atoms with Crippen LogP contribution in [-0.2, 0) is 4.79 Å². The molecule has 1 heterocycles. The molecule has 1 aromatic rings. The van der Waals surface area contributed by atoms with Crippen LogP contribution in [0.4, 0.5) is 10.1 Å². The van der Waals surface area contributed by atoms with E-state index < -0.39 is 0 Å². The number of benzene rings is 1. The molecule has 104 valence electrons. The van der Waals surface area contributed by atoms with Crippen LogP contribution in [-0.4, -0.2) is 29.9 Å². The monoisotopic (exact) mass is 264 g/mol. The van der Waals surface area contributed by atoms with Crippen molar-refractivity contribution >= 4 is 11.6 Å². The number of nitrogens with one attached hydrogen (secondary N) is 1. The van der Waals surface area contributed by atoms with Gasteiger partial charge in [-0.3, -0.25) is 9.69 Å². The first-order valence-electron chi connectivity index (χ1n) is 6.89. The molecule has 4 heteroatoms. The van der Waals surface area contributed by atoms with Gasteiger partial charge in [0.25, 0.3) is 0 Å². The minimum absolute atomic E-state index is 0.0647. The van der Waals surface area contributed by atoms with Crippen LogP contribution < -0.4 is 5.32 Å². The molecule has 1 N–H and O–H groups in total. The molecule has 1 atom stereocenters. The standard InChI is InChI=1S/C15H21FN2O/c1-11-6-7-13(10-14(11)16)17-15(19)12(2)18-8-4-3-5-9-18/h6-7,10,12H,3-5,8-9H2,1-2H3,(H,17,19)/t12-/m0/s1. The lowest BCUT2D eigenvalue weighted by Gasteiger charge is -2.31. The molecule has 1 aliphatic rings. The molecule has 0 aromatic heterocycles. The number of hydrogen-bond acceptors (Lipinski definition) is 2. The molecule has 1 fully saturated rings. The minimum atomic E-state index is -0.288. The summed E-state index contributed by atoms with van der Waals surface area (Å²) in [7, 11) is 0. The van der Waals surface area contributed by atoms with Crippen molar-refractivity contribution < 1.29 is 9.18 Å². The first kappa shape index (κ1) is 14.0. The predicted octanol–water partition coefficient (Wildman–Crippen LogP) is 2.95. The smallest absolute Gasteiger partial charge is 0.241 e. The van der Waals surface area contributed by atoms with Crippen molar-refractivity contribution in [1.82, 2.24) is 4.90 Å². The second kappa shape index (κ2) is 6.15. The van der Waals surface area contributed by atoms with Crippen molar-refractivity contribution in [2.45, 2.75) is 39.2 Å². The largest absolute Gasteiger partial charge is 0.325 e. The van der Waals surface area contributed by atoms with Crippen molar-refractivity contribution in [3.8, 4) is 0 Å². The maximum Gasteiger partial charge on any atom is 0.241 e. The summed E-state index contributed by atoms with van der Waals surface area (Å²) in [4.78, 5) is 14.3. The van der Waals surface area contributed by atoms with E-state index >= 15 is 0 Å². The Labute approximate surface area is 113 Å². The number of rotatable bonds is 3. The quantitative estimate of drug-likeness (QED) is 0.910. The van der Waals surface area contributed by atoms with Crippen LogP contribution in [0.25, 0.3) is 0 Å². The maximum atomic E-state index is 13.4. The molecular weight excluding hydrogens is 243 g/mol. The first-order valence-corrected chi connectivity index (χ1v) is 6.89. The number of nitrogens with zero attached hydrogens (tertiary/aromatic N) is 1. The van der Waals surface area contributed by atoms with E-state index in [4.69, 9.17) is 0 Å². The molecule has 1 amide bonds. The van der Waals surface area contributed by atoms with Crippen LogP contribution in [0, 0.1) is 12.7 Å². The Morgan fingerprint density at radius 3 is 2.63 bits per heavy atom. The zero-order valence-electron chi connectivity index (χ0n) is 11.6. The third-order valence-electron chi connectivity index (χ3n) is 3.76. The Kier molecular flexibility index (Phi) is 4.53. The average molecular weight is 264 g/mol. The Balaban J connectivity index is 1.97. The van der Waals surface area contributed by atoms with Crippen molar-refractivity contribution in [2.24, 2.45) is 0 Å². The summed E-state index contributed by atoms with van der Waals surface area (Å²) in [5.74, 6) is -0.353.